The van der Waals surface area contributed by atoms with Crippen LogP contribution in [0, 0.1) is 45.2 Å². The molecule has 8 rings (SSSR count). The van der Waals surface area contributed by atoms with E-state index in [0.717, 1.165) is 12.1 Å². The average molecular weight is 1770 g/mol. The number of amidine groups is 4. The van der Waals surface area contributed by atoms with E-state index in [4.69, 9.17) is 117 Å². The maximum Gasteiger partial charge on any atom is 0.379 e. The number of carboxylic acid groups (broad SMARTS) is 8. The number of nitrogen functional groups attached to an aromatic ring is 4. The van der Waals surface area contributed by atoms with Crippen LogP contribution in [0.15, 0.2) is 157 Å². The van der Waals surface area contributed by atoms with Gasteiger partial charge in [-0.3, -0.25) is 60.0 Å². The molecule has 0 aliphatic carbocycles. The summed E-state index contributed by atoms with van der Waals surface area (Å²) >= 11 is 0. The third-order valence-corrected chi connectivity index (χ3v) is 17.5. The quantitative estimate of drug-likeness (QED) is 0.0102. The molecule has 4 aromatic carbocycles. The summed E-state index contributed by atoms with van der Waals surface area (Å²) in [5.74, 6) is -19.8. The number of amides is 4. The normalized spacial score (nSPS) is 12.2. The van der Waals surface area contributed by atoms with Crippen LogP contribution in [0.3, 0.4) is 0 Å². The number of furan rings is 4. The molecule has 0 saturated heterocycles. The summed E-state index contributed by atoms with van der Waals surface area (Å²) in [6, 6.07) is 26.7. The minimum atomic E-state index is -1.59. The van der Waals surface area contributed by atoms with Gasteiger partial charge in [0.1, 0.15) is 87.8 Å². The van der Waals surface area contributed by atoms with Crippen LogP contribution in [0.2, 0.25) is 0 Å². The van der Waals surface area contributed by atoms with E-state index >= 15 is 0 Å². The highest BCUT2D eigenvalue weighted by molar-refractivity contribution is 5.98. The summed E-state index contributed by atoms with van der Waals surface area (Å²) in [5, 5.41) is 109. The van der Waals surface area contributed by atoms with Crippen LogP contribution in [-0.2, 0) is 83.2 Å². The van der Waals surface area contributed by atoms with E-state index in [0.29, 0.717) is 41.1 Å². The second kappa shape index (κ2) is 48.7. The summed E-state index contributed by atoms with van der Waals surface area (Å²) < 4.78 is 56.1. The van der Waals surface area contributed by atoms with Crippen LogP contribution in [0.5, 0.6) is 23.0 Å². The number of esters is 4. The van der Waals surface area contributed by atoms with Crippen molar-refractivity contribution in [2.45, 2.75) is 122 Å². The molecule has 0 radical (unpaired) electrons. The van der Waals surface area contributed by atoms with Crippen molar-refractivity contribution in [3.05, 3.63) is 214 Å². The lowest BCUT2D eigenvalue weighted by molar-refractivity contribution is -0.147. The fraction of sp³-hybridized carbons (Fsp3) is 0.268. The Morgan fingerprint density at radius 1 is 0.370 bits per heavy atom. The number of carbonyl (C=O) groups is 16. The first-order valence-electron chi connectivity index (χ1n) is 37.5. The third-order valence-electron chi connectivity index (χ3n) is 17.5. The van der Waals surface area contributed by atoms with E-state index in [2.05, 4.69) is 21.3 Å². The predicted octanol–water partition coefficient (Wildman–Crippen LogP) is 5.09. The molecule has 4 aromatic heterocycles. The molecule has 0 saturated carbocycles. The van der Waals surface area contributed by atoms with Crippen LogP contribution in [0.25, 0.3) is 0 Å². The minimum Gasteiger partial charge on any atom is -0.481 e. The second-order valence-corrected chi connectivity index (χ2v) is 27.1. The predicted molar refractivity (Wildman–Crippen MR) is 433 cm³/mol. The molecule has 127 heavy (non-hydrogen) atoms. The van der Waals surface area contributed by atoms with Crippen molar-refractivity contribution in [3.8, 4) is 23.0 Å². The molecule has 0 spiro atoms. The number of aliphatic carboxylic acids is 8. The van der Waals surface area contributed by atoms with Crippen molar-refractivity contribution in [1.82, 2.24) is 21.3 Å². The molecule has 7 atom stereocenters. The molecule has 0 fully saturated rings. The van der Waals surface area contributed by atoms with Gasteiger partial charge >= 0.3 is 71.6 Å². The zero-order valence-corrected chi connectivity index (χ0v) is 67.4. The van der Waals surface area contributed by atoms with E-state index in [9.17, 15) is 86.2 Å². The molecular weight excluding hydrogens is 1680 g/mol. The number of carboxylic acids is 8. The zero-order valence-electron chi connectivity index (χ0n) is 67.4. The Morgan fingerprint density at radius 2 is 0.677 bits per heavy atom. The highest BCUT2D eigenvalue weighted by atomic mass is 19.1. The second-order valence-electron chi connectivity index (χ2n) is 27.1. The molecule has 8 aromatic rings. The van der Waals surface area contributed by atoms with Crippen molar-refractivity contribution in [3.63, 3.8) is 0 Å². The molecule has 24 N–H and O–H groups in total. The Balaban J connectivity index is 0.000000300. The molecule has 674 valence electrons. The lowest BCUT2D eigenvalue weighted by Crippen LogP contribution is -2.45. The Morgan fingerprint density at radius 3 is 1.00 bits per heavy atom. The third kappa shape index (κ3) is 34.0. The summed E-state index contributed by atoms with van der Waals surface area (Å²) in [6.45, 7) is 4.90. The maximum absolute atomic E-state index is 14.0. The summed E-state index contributed by atoms with van der Waals surface area (Å²) in [4.78, 5) is 185. The van der Waals surface area contributed by atoms with E-state index in [1.807, 2.05) is 0 Å². The fourth-order valence-corrected chi connectivity index (χ4v) is 10.7. The van der Waals surface area contributed by atoms with E-state index in [1.54, 1.807) is 13.8 Å². The summed E-state index contributed by atoms with van der Waals surface area (Å²) in [6.07, 6.45) is -2.18. The average Bonchev–Trinajstić information content (AvgIpc) is 1.83. The number of carbonyl (C=O) groups excluding carboxylic acids is 8. The Bertz CT molecular complexity index is 5380. The first-order valence-corrected chi connectivity index (χ1v) is 37.5. The van der Waals surface area contributed by atoms with Gasteiger partial charge in [-0.2, -0.15) is 0 Å². The van der Waals surface area contributed by atoms with Crippen LogP contribution in [-0.4, -0.2) is 184 Å². The lowest BCUT2D eigenvalue weighted by Gasteiger charge is -2.18. The van der Waals surface area contributed by atoms with Gasteiger partial charge in [-0.05, 0) is 159 Å². The van der Waals surface area contributed by atoms with Crippen molar-refractivity contribution in [2.24, 2.45) is 40.7 Å². The van der Waals surface area contributed by atoms with Crippen molar-refractivity contribution < 1.29 is 159 Å². The van der Waals surface area contributed by atoms with Crippen molar-refractivity contribution in [2.75, 3.05) is 0 Å². The highest BCUT2D eigenvalue weighted by Gasteiger charge is 2.32. The number of hydrogen-bond donors (Lipinski definition) is 20. The molecule has 4 amide bonds. The number of hydrogen-bond acceptors (Lipinski definition) is 28. The lowest BCUT2D eigenvalue weighted by atomic mass is 9.99. The van der Waals surface area contributed by atoms with Gasteiger partial charge in [0.2, 0.25) is 46.7 Å². The fourth-order valence-electron chi connectivity index (χ4n) is 10.7. The summed E-state index contributed by atoms with van der Waals surface area (Å²) in [7, 11) is 0. The number of aryl methyl sites for hydroxylation is 1. The number of ether oxygens (including phenoxy) is 4. The largest absolute Gasteiger partial charge is 0.481 e. The molecule has 4 heterocycles. The van der Waals surface area contributed by atoms with E-state index in [1.165, 1.54) is 134 Å². The minimum absolute atomic E-state index is 0.0276. The number of nitrogens with two attached hydrogens (primary N) is 4. The van der Waals surface area contributed by atoms with Crippen LogP contribution >= 0.6 is 0 Å². The van der Waals surface area contributed by atoms with Crippen molar-refractivity contribution >= 4 is 119 Å². The van der Waals surface area contributed by atoms with Crippen LogP contribution in [0.1, 0.15) is 160 Å². The van der Waals surface area contributed by atoms with Crippen LogP contribution < -0.4 is 63.1 Å². The van der Waals surface area contributed by atoms with Gasteiger partial charge in [-0.1, -0.05) is 20.8 Å². The maximum atomic E-state index is 14.0. The molecule has 3 unspecified atom stereocenters. The number of rotatable bonds is 43. The summed E-state index contributed by atoms with van der Waals surface area (Å²) in [5.41, 5.74) is 22.9. The Kier molecular flexibility index (Phi) is 38.7. The van der Waals surface area contributed by atoms with Gasteiger partial charge in [0.05, 0.1) is 19.3 Å². The SMILES string of the molecule is CC(Cc1ccc(C(=O)Oc2ccc(C(=N)N)cc2F)o1)C(=O)N[C@H](CC(=O)O)C(=O)O.CCC(Cc1ccc(C(=O)Oc2ccc(C(=N)N)cc2)o1)C(=O)N[C@H](CC(=O)O)C(=O)O.CCC(Cc1ccc(C(=O)Oc2ccc(C(=N)N)cc2)o1)C(=O)N[C@H](CCC(=O)O)C(=O)O.N=C(N)c1ccc(OC(=O)c2ccc(CCC(=O)N[C@@H](CC(=O)O)C(=O)O)o2)cc1. The number of nitrogens with one attached hydrogen (secondary N) is 8. The first kappa shape index (κ1) is 101. The van der Waals surface area contributed by atoms with E-state index in [-0.39, 0.29) is 119 Å². The molecule has 0 aliphatic rings. The monoisotopic (exact) mass is 1770 g/mol. The number of halogens is 1. The van der Waals surface area contributed by atoms with Crippen LogP contribution in [0.4, 0.5) is 4.39 Å². The highest BCUT2D eigenvalue weighted by Crippen LogP contribution is 2.26. The van der Waals surface area contributed by atoms with E-state index < -0.39 is 174 Å². The smallest absolute Gasteiger partial charge is 0.379 e. The standard InChI is InChI=1S/C22H25N3O8.C21H23N3O8.C20H20FN3O8.C19H19N3O8/c1-2-12(20(28)25-16(21(29)30)8-10-18(26)27)11-15-7-9-17(32-15)22(31)33-14-5-3-13(4-6-14)19(23)24;1-2-11(19(27)24-15(20(28)29)10-17(25)26)9-14-7-8-16(31-14)21(30)32-13-5-3-12(4-6-13)18(22)23;1-9(18(27)24-13(19(28)29)8-16(25)26)6-11-3-5-15(31-11)20(30)32-14-4-2-10(17(22)23)7-12(14)21;20-17(21)10-1-3-12(4-2-10)30-19(28)14-7-5-11(29-14)6-8-15(23)22-13(18(26)27)9-16(24)25/h3-7,9,12,16H,2,8,10-11H2,1H3,(H3,23,24)(H,25,28)(H,26,27)(H,29,30);3-8,11,15H,2,9-10H2,1H3,(H3,22,23)(H,24,27)(H,25,26)(H,28,29);2-5,7,9,13H,6,8H2,1H3,(H3,22,23)(H,24,27)(H,25,26)(H,28,29);1-5,7,13H,6,8-9H2,(H3,20,21)(H,22,23)(H,24,25)(H,26,27)/t12?,16-;11?,15-;9?,13-;13-/m1110/s1. The molecular formula is C82H87FN12O32. The Hall–Kier alpha value is -16.7. The van der Waals surface area contributed by atoms with Gasteiger partial charge in [0.25, 0.3) is 0 Å². The van der Waals surface area contributed by atoms with Gasteiger partial charge in [-0.15, -0.1) is 0 Å². The zero-order chi connectivity index (χ0) is 94.6. The van der Waals surface area contributed by atoms with Gasteiger partial charge in [0.15, 0.2) is 11.6 Å². The molecule has 45 heteroatoms. The topological polar surface area (TPSA) is 772 Å². The van der Waals surface area contributed by atoms with Gasteiger partial charge in [-0.25, -0.2) is 42.7 Å². The molecule has 0 bridgehead atoms. The number of benzene rings is 4. The Labute approximate surface area is 716 Å². The first-order chi connectivity index (χ1) is 59.8. The van der Waals surface area contributed by atoms with Crippen molar-refractivity contribution in [1.29, 1.82) is 21.6 Å². The van der Waals surface area contributed by atoms with Gasteiger partial charge < -0.3 is 122 Å². The molecule has 0 aliphatic heterocycles. The van der Waals surface area contributed by atoms with Gasteiger partial charge in [0, 0.05) is 78.5 Å². The molecule has 44 nitrogen and oxygen atoms in total.